The number of rotatable bonds is 4. The van der Waals surface area contributed by atoms with Gasteiger partial charge in [0.1, 0.15) is 0 Å². The van der Waals surface area contributed by atoms with Gasteiger partial charge in [0.15, 0.2) is 0 Å². The number of nitrogens with two attached hydrogens (primary N) is 1. The van der Waals surface area contributed by atoms with Gasteiger partial charge in [0.05, 0.1) is 12.0 Å². The molecule has 0 aliphatic carbocycles. The smallest absolute Gasteiger partial charge is 0.256 e. The molecule has 0 saturated carbocycles. The van der Waals surface area contributed by atoms with Gasteiger partial charge < -0.3 is 11.1 Å². The number of primary amides is 1. The van der Waals surface area contributed by atoms with Crippen LogP contribution >= 0.6 is 15.9 Å². The van der Waals surface area contributed by atoms with Crippen LogP contribution in [0, 0.1) is 6.92 Å². The number of benzene rings is 2. The van der Waals surface area contributed by atoms with E-state index in [1.807, 2.05) is 19.1 Å². The molecular weight excluding hydrogens is 332 g/mol. The van der Waals surface area contributed by atoms with Gasteiger partial charge in [-0.3, -0.25) is 9.59 Å². The maximum atomic E-state index is 12.2. The van der Waals surface area contributed by atoms with Crippen LogP contribution in [-0.2, 0) is 11.2 Å². The summed E-state index contributed by atoms with van der Waals surface area (Å²) in [7, 11) is 0. The topological polar surface area (TPSA) is 72.2 Å². The van der Waals surface area contributed by atoms with E-state index in [1.165, 1.54) is 0 Å². The molecule has 4 nitrogen and oxygen atoms in total. The van der Waals surface area contributed by atoms with Gasteiger partial charge in [0.25, 0.3) is 5.91 Å². The van der Waals surface area contributed by atoms with Gasteiger partial charge >= 0.3 is 0 Å². The van der Waals surface area contributed by atoms with E-state index in [1.54, 1.807) is 30.3 Å². The zero-order valence-corrected chi connectivity index (χ0v) is 13.1. The second-order valence-corrected chi connectivity index (χ2v) is 5.63. The van der Waals surface area contributed by atoms with Crippen molar-refractivity contribution in [3.05, 3.63) is 63.6 Å². The molecule has 2 aromatic carbocycles. The summed E-state index contributed by atoms with van der Waals surface area (Å²) in [5.41, 5.74) is 8.27. The Kier molecular flexibility index (Phi) is 4.75. The molecule has 108 valence electrons. The first-order valence-corrected chi connectivity index (χ1v) is 7.20. The van der Waals surface area contributed by atoms with Crippen molar-refractivity contribution in [1.82, 2.24) is 0 Å². The number of anilines is 1. The predicted molar refractivity (Wildman–Crippen MR) is 86.2 cm³/mol. The zero-order valence-electron chi connectivity index (χ0n) is 11.5. The number of aryl methyl sites for hydroxylation is 1. The summed E-state index contributed by atoms with van der Waals surface area (Å²) < 4.78 is 0.755. The van der Waals surface area contributed by atoms with Crippen LogP contribution in [0.1, 0.15) is 21.5 Å². The normalized spacial score (nSPS) is 10.2. The largest absolute Gasteiger partial charge is 0.369 e. The number of hydrogen-bond acceptors (Lipinski definition) is 2. The molecule has 2 rings (SSSR count). The Labute approximate surface area is 131 Å². The third kappa shape index (κ3) is 4.16. The highest BCUT2D eigenvalue weighted by Gasteiger charge is 2.10. The van der Waals surface area contributed by atoms with E-state index < -0.39 is 0 Å². The summed E-state index contributed by atoms with van der Waals surface area (Å²) in [5, 5.41) is 2.81. The molecule has 0 aliphatic rings. The number of carbonyl (C=O) groups is 2. The lowest BCUT2D eigenvalue weighted by atomic mass is 10.1. The molecule has 0 fully saturated rings. The van der Waals surface area contributed by atoms with Crippen LogP contribution in [0.4, 0.5) is 5.69 Å². The summed E-state index contributed by atoms with van der Waals surface area (Å²) in [4.78, 5) is 23.0. The van der Waals surface area contributed by atoms with E-state index in [2.05, 4.69) is 21.2 Å². The molecule has 0 aliphatic heterocycles. The van der Waals surface area contributed by atoms with Gasteiger partial charge in [-0.25, -0.2) is 0 Å². The number of carbonyl (C=O) groups excluding carboxylic acids is 2. The predicted octanol–water partition coefficient (Wildman–Crippen LogP) is 3.04. The molecule has 2 aromatic rings. The first kappa shape index (κ1) is 15.3. The van der Waals surface area contributed by atoms with Crippen molar-refractivity contribution in [1.29, 1.82) is 0 Å². The second kappa shape index (κ2) is 6.54. The Balaban J connectivity index is 2.10. The summed E-state index contributed by atoms with van der Waals surface area (Å²) in [6.45, 7) is 1.96. The number of hydrogen-bond donors (Lipinski definition) is 2. The Bertz CT molecular complexity index is 681. The van der Waals surface area contributed by atoms with Crippen molar-refractivity contribution in [3.63, 3.8) is 0 Å². The maximum Gasteiger partial charge on any atom is 0.256 e. The molecule has 3 N–H and O–H groups in total. The molecule has 0 bridgehead atoms. The molecule has 0 aromatic heterocycles. The zero-order chi connectivity index (χ0) is 15.4. The molecule has 0 spiro atoms. The standard InChI is InChI=1S/C16H15BrN2O2/c1-10-2-7-13(14(17)8-10)16(21)19-12-5-3-11(4-6-12)9-15(18)20/h2-8H,9H2,1H3,(H2,18,20)(H,19,21). The monoisotopic (exact) mass is 346 g/mol. The van der Waals surface area contributed by atoms with Crippen LogP contribution in [0.2, 0.25) is 0 Å². The molecule has 5 heteroatoms. The van der Waals surface area contributed by atoms with Crippen molar-refractivity contribution in [2.75, 3.05) is 5.32 Å². The number of halogens is 1. The summed E-state index contributed by atoms with van der Waals surface area (Å²) in [6, 6.07) is 12.6. The minimum Gasteiger partial charge on any atom is -0.369 e. The van der Waals surface area contributed by atoms with Gasteiger partial charge in [-0.2, -0.15) is 0 Å². The number of nitrogens with one attached hydrogen (secondary N) is 1. The van der Waals surface area contributed by atoms with Gasteiger partial charge in [-0.15, -0.1) is 0 Å². The molecule has 21 heavy (non-hydrogen) atoms. The fraction of sp³-hybridized carbons (Fsp3) is 0.125. The summed E-state index contributed by atoms with van der Waals surface area (Å²) >= 11 is 3.39. The highest BCUT2D eigenvalue weighted by Crippen LogP contribution is 2.20. The van der Waals surface area contributed by atoms with Gasteiger partial charge in [0, 0.05) is 10.2 Å². The summed E-state index contributed by atoms with van der Waals surface area (Å²) in [6.07, 6.45) is 0.192. The fourth-order valence-corrected chi connectivity index (χ4v) is 2.58. The van der Waals surface area contributed by atoms with Crippen LogP contribution in [0.3, 0.4) is 0 Å². The number of amides is 2. The van der Waals surface area contributed by atoms with E-state index in [4.69, 9.17) is 5.73 Å². The minimum atomic E-state index is -0.379. The fourth-order valence-electron chi connectivity index (χ4n) is 1.91. The van der Waals surface area contributed by atoms with Crippen LogP contribution in [-0.4, -0.2) is 11.8 Å². The molecule has 0 saturated heterocycles. The Morgan fingerprint density at radius 1 is 1.14 bits per heavy atom. The average molecular weight is 347 g/mol. The molecule has 0 unspecified atom stereocenters. The minimum absolute atomic E-state index is 0.190. The highest BCUT2D eigenvalue weighted by atomic mass is 79.9. The van der Waals surface area contributed by atoms with Crippen LogP contribution < -0.4 is 11.1 Å². The van der Waals surface area contributed by atoms with Crippen molar-refractivity contribution in [2.24, 2.45) is 5.73 Å². The lowest BCUT2D eigenvalue weighted by Gasteiger charge is -2.08. The van der Waals surface area contributed by atoms with E-state index in [0.717, 1.165) is 15.6 Å². The molecule has 0 radical (unpaired) electrons. The lowest BCUT2D eigenvalue weighted by molar-refractivity contribution is -0.117. The Hall–Kier alpha value is -2.14. The van der Waals surface area contributed by atoms with Crippen molar-refractivity contribution in [2.45, 2.75) is 13.3 Å². The first-order valence-electron chi connectivity index (χ1n) is 6.40. The third-order valence-electron chi connectivity index (χ3n) is 2.96. The van der Waals surface area contributed by atoms with Crippen molar-refractivity contribution >= 4 is 33.4 Å². The van der Waals surface area contributed by atoms with Crippen molar-refractivity contribution in [3.8, 4) is 0 Å². The van der Waals surface area contributed by atoms with E-state index in [9.17, 15) is 9.59 Å². The first-order chi connectivity index (χ1) is 9.95. The van der Waals surface area contributed by atoms with Crippen LogP contribution in [0.25, 0.3) is 0 Å². The Morgan fingerprint density at radius 3 is 2.38 bits per heavy atom. The van der Waals surface area contributed by atoms with E-state index >= 15 is 0 Å². The van der Waals surface area contributed by atoms with E-state index in [-0.39, 0.29) is 18.2 Å². The highest BCUT2D eigenvalue weighted by molar-refractivity contribution is 9.10. The molecular formula is C16H15BrN2O2. The Morgan fingerprint density at radius 2 is 1.81 bits per heavy atom. The molecule has 2 amide bonds. The van der Waals surface area contributed by atoms with E-state index in [0.29, 0.717) is 11.3 Å². The SMILES string of the molecule is Cc1ccc(C(=O)Nc2ccc(CC(N)=O)cc2)c(Br)c1. The van der Waals surface area contributed by atoms with Gasteiger partial charge in [0.2, 0.25) is 5.91 Å². The van der Waals surface area contributed by atoms with Crippen molar-refractivity contribution < 1.29 is 9.59 Å². The van der Waals surface area contributed by atoms with Gasteiger partial charge in [-0.05, 0) is 58.2 Å². The third-order valence-corrected chi connectivity index (χ3v) is 3.62. The average Bonchev–Trinajstić information content (AvgIpc) is 2.40. The van der Waals surface area contributed by atoms with Crippen LogP contribution in [0.5, 0.6) is 0 Å². The molecule has 0 atom stereocenters. The maximum absolute atomic E-state index is 12.2. The quantitative estimate of drug-likeness (QED) is 0.892. The van der Waals surface area contributed by atoms with Gasteiger partial charge in [-0.1, -0.05) is 18.2 Å². The second-order valence-electron chi connectivity index (χ2n) is 4.78. The van der Waals surface area contributed by atoms with Crippen LogP contribution in [0.15, 0.2) is 46.9 Å². The summed E-state index contributed by atoms with van der Waals surface area (Å²) in [5.74, 6) is -0.570. The lowest BCUT2D eigenvalue weighted by Crippen LogP contribution is -2.14. The molecule has 0 heterocycles.